The summed E-state index contributed by atoms with van der Waals surface area (Å²) in [6.45, 7) is 7.92. The molecule has 4 rings (SSSR count). The molecule has 1 saturated heterocycles. The van der Waals surface area contributed by atoms with Gasteiger partial charge in [-0.1, -0.05) is 42.5 Å². The SMILES string of the molecule is CC(C)(C)OC(=O)N1CCN(Cc2cccc(Oc3ccccc3)c2)CC1c1ccc([N+](=O)[O-])cc1. The molecule has 8 nitrogen and oxygen atoms in total. The highest BCUT2D eigenvalue weighted by molar-refractivity contribution is 5.69. The summed E-state index contributed by atoms with van der Waals surface area (Å²) < 4.78 is 11.6. The predicted octanol–water partition coefficient (Wildman–Crippen LogP) is 6.18. The number of amides is 1. The van der Waals surface area contributed by atoms with Crippen molar-refractivity contribution in [2.75, 3.05) is 19.6 Å². The zero-order chi connectivity index (χ0) is 25.7. The first kappa shape index (κ1) is 25.2. The fraction of sp³-hybridized carbons (Fsp3) is 0.321. The number of para-hydroxylation sites is 1. The maximum absolute atomic E-state index is 13.0. The van der Waals surface area contributed by atoms with Crippen LogP contribution in [0.4, 0.5) is 10.5 Å². The third-order valence-electron chi connectivity index (χ3n) is 5.86. The summed E-state index contributed by atoms with van der Waals surface area (Å²) in [5, 5.41) is 11.1. The van der Waals surface area contributed by atoms with Crippen LogP contribution < -0.4 is 4.74 Å². The number of piperazine rings is 1. The first-order valence-corrected chi connectivity index (χ1v) is 12.0. The van der Waals surface area contributed by atoms with E-state index in [0.717, 1.165) is 22.6 Å². The van der Waals surface area contributed by atoms with Crippen molar-refractivity contribution in [1.82, 2.24) is 9.80 Å². The lowest BCUT2D eigenvalue weighted by atomic mass is 10.0. The van der Waals surface area contributed by atoms with Crippen molar-refractivity contribution < 1.29 is 19.2 Å². The number of hydrogen-bond acceptors (Lipinski definition) is 6. The normalized spacial score (nSPS) is 16.4. The van der Waals surface area contributed by atoms with E-state index in [2.05, 4.69) is 11.0 Å². The fourth-order valence-electron chi connectivity index (χ4n) is 4.22. The third-order valence-corrected chi connectivity index (χ3v) is 5.86. The van der Waals surface area contributed by atoms with E-state index in [-0.39, 0.29) is 17.8 Å². The number of nitro groups is 1. The van der Waals surface area contributed by atoms with Crippen molar-refractivity contribution >= 4 is 11.8 Å². The fourth-order valence-corrected chi connectivity index (χ4v) is 4.22. The van der Waals surface area contributed by atoms with Gasteiger partial charge in [0, 0.05) is 38.3 Å². The maximum atomic E-state index is 13.0. The standard InChI is InChI=1S/C28H31N3O5/c1-28(2,3)36-27(32)30-17-16-29(20-26(30)22-12-14-23(15-13-22)31(33)34)19-21-8-7-11-25(18-21)35-24-9-5-4-6-10-24/h4-15,18,26H,16-17,19-20H2,1-3H3. The minimum atomic E-state index is -0.618. The van der Waals surface area contributed by atoms with E-state index in [4.69, 9.17) is 9.47 Å². The van der Waals surface area contributed by atoms with Gasteiger partial charge in [-0.2, -0.15) is 0 Å². The Hall–Kier alpha value is -3.91. The highest BCUT2D eigenvalue weighted by Crippen LogP contribution is 2.30. The molecule has 3 aromatic rings. The summed E-state index contributed by atoms with van der Waals surface area (Å²) >= 11 is 0. The van der Waals surface area contributed by atoms with Gasteiger partial charge in [0.2, 0.25) is 0 Å². The van der Waals surface area contributed by atoms with Crippen LogP contribution in [0.5, 0.6) is 11.5 Å². The monoisotopic (exact) mass is 489 g/mol. The number of benzene rings is 3. The number of carbonyl (C=O) groups is 1. The van der Waals surface area contributed by atoms with Gasteiger partial charge in [-0.25, -0.2) is 4.79 Å². The van der Waals surface area contributed by atoms with Crippen LogP contribution in [0.3, 0.4) is 0 Å². The summed E-state index contributed by atoms with van der Waals surface area (Å²) in [7, 11) is 0. The van der Waals surface area contributed by atoms with Gasteiger partial charge in [0.1, 0.15) is 17.1 Å². The Morgan fingerprint density at radius 2 is 1.67 bits per heavy atom. The molecule has 1 heterocycles. The summed E-state index contributed by atoms with van der Waals surface area (Å²) in [6.07, 6.45) is -0.385. The van der Waals surface area contributed by atoms with Crippen LogP contribution in [0.25, 0.3) is 0 Å². The minimum Gasteiger partial charge on any atom is -0.457 e. The Bertz CT molecular complexity index is 1190. The van der Waals surface area contributed by atoms with E-state index in [1.807, 2.05) is 69.3 Å². The third kappa shape index (κ3) is 6.60. The zero-order valence-corrected chi connectivity index (χ0v) is 20.8. The molecule has 0 spiro atoms. The van der Waals surface area contributed by atoms with E-state index in [1.54, 1.807) is 17.0 Å². The topological polar surface area (TPSA) is 85.2 Å². The molecule has 1 fully saturated rings. The van der Waals surface area contributed by atoms with Crippen molar-refractivity contribution in [1.29, 1.82) is 0 Å². The average Bonchev–Trinajstić information content (AvgIpc) is 2.84. The summed E-state index contributed by atoms with van der Waals surface area (Å²) in [5.74, 6) is 1.54. The van der Waals surface area contributed by atoms with Gasteiger partial charge in [-0.05, 0) is 56.2 Å². The van der Waals surface area contributed by atoms with Crippen molar-refractivity contribution in [2.24, 2.45) is 0 Å². The van der Waals surface area contributed by atoms with Crippen molar-refractivity contribution in [3.8, 4) is 11.5 Å². The number of hydrogen-bond donors (Lipinski definition) is 0. The van der Waals surface area contributed by atoms with Crippen LogP contribution in [0.1, 0.15) is 37.9 Å². The largest absolute Gasteiger partial charge is 0.457 e. The number of nitrogens with zero attached hydrogens (tertiary/aromatic N) is 3. The average molecular weight is 490 g/mol. The van der Waals surface area contributed by atoms with E-state index in [9.17, 15) is 14.9 Å². The Kier molecular flexibility index (Phi) is 7.55. The van der Waals surface area contributed by atoms with Gasteiger partial charge in [0.15, 0.2) is 0 Å². The summed E-state index contributed by atoms with van der Waals surface area (Å²) in [5.41, 5.74) is 1.33. The quantitative estimate of drug-likeness (QED) is 0.304. The maximum Gasteiger partial charge on any atom is 0.410 e. The highest BCUT2D eigenvalue weighted by Gasteiger charge is 2.34. The molecule has 0 radical (unpaired) electrons. The molecule has 1 unspecified atom stereocenters. The molecular weight excluding hydrogens is 458 g/mol. The van der Waals surface area contributed by atoms with Gasteiger partial charge in [-0.15, -0.1) is 0 Å². The lowest BCUT2D eigenvalue weighted by molar-refractivity contribution is -0.384. The summed E-state index contributed by atoms with van der Waals surface area (Å²) in [4.78, 5) is 27.7. The Morgan fingerprint density at radius 1 is 0.972 bits per heavy atom. The van der Waals surface area contributed by atoms with Crippen molar-refractivity contribution in [2.45, 2.75) is 39.0 Å². The van der Waals surface area contributed by atoms with Gasteiger partial charge in [0.05, 0.1) is 11.0 Å². The molecule has 36 heavy (non-hydrogen) atoms. The molecule has 1 atom stereocenters. The molecule has 0 bridgehead atoms. The second-order valence-corrected chi connectivity index (χ2v) is 9.84. The second kappa shape index (κ2) is 10.8. The van der Waals surface area contributed by atoms with Crippen LogP contribution in [-0.2, 0) is 11.3 Å². The van der Waals surface area contributed by atoms with Crippen LogP contribution in [-0.4, -0.2) is 46.1 Å². The van der Waals surface area contributed by atoms with E-state index >= 15 is 0 Å². The van der Waals surface area contributed by atoms with Gasteiger partial charge in [0.25, 0.3) is 5.69 Å². The first-order chi connectivity index (χ1) is 17.2. The van der Waals surface area contributed by atoms with E-state index < -0.39 is 10.5 Å². The van der Waals surface area contributed by atoms with Crippen LogP contribution in [0.2, 0.25) is 0 Å². The van der Waals surface area contributed by atoms with Crippen molar-refractivity contribution in [3.05, 3.63) is 100 Å². The van der Waals surface area contributed by atoms with Crippen LogP contribution in [0, 0.1) is 10.1 Å². The highest BCUT2D eigenvalue weighted by atomic mass is 16.6. The molecule has 1 aliphatic heterocycles. The van der Waals surface area contributed by atoms with Crippen LogP contribution in [0.15, 0.2) is 78.9 Å². The number of nitro benzene ring substituents is 1. The number of ether oxygens (including phenoxy) is 2. The van der Waals surface area contributed by atoms with Gasteiger partial charge in [-0.3, -0.25) is 19.9 Å². The van der Waals surface area contributed by atoms with E-state index in [1.165, 1.54) is 12.1 Å². The zero-order valence-electron chi connectivity index (χ0n) is 20.8. The van der Waals surface area contributed by atoms with Crippen molar-refractivity contribution in [3.63, 3.8) is 0 Å². The minimum absolute atomic E-state index is 0.0189. The Morgan fingerprint density at radius 3 is 2.33 bits per heavy atom. The lowest BCUT2D eigenvalue weighted by Gasteiger charge is -2.42. The van der Waals surface area contributed by atoms with Gasteiger partial charge >= 0.3 is 6.09 Å². The Balaban J connectivity index is 1.51. The number of rotatable bonds is 6. The molecule has 0 saturated carbocycles. The first-order valence-electron chi connectivity index (χ1n) is 12.0. The van der Waals surface area contributed by atoms with E-state index in [0.29, 0.717) is 26.2 Å². The molecule has 0 aliphatic carbocycles. The smallest absolute Gasteiger partial charge is 0.410 e. The van der Waals surface area contributed by atoms with Crippen LogP contribution >= 0.6 is 0 Å². The Labute approximate surface area is 211 Å². The molecule has 0 N–H and O–H groups in total. The lowest BCUT2D eigenvalue weighted by Crippen LogP contribution is -2.51. The molecule has 188 valence electrons. The molecule has 1 aliphatic rings. The molecule has 0 aromatic heterocycles. The second-order valence-electron chi connectivity index (χ2n) is 9.84. The molecule has 1 amide bonds. The summed E-state index contributed by atoms with van der Waals surface area (Å²) in [6, 6.07) is 23.7. The molecule has 8 heteroatoms. The number of non-ortho nitro benzene ring substituents is 1. The molecular formula is C28H31N3O5. The predicted molar refractivity (Wildman–Crippen MR) is 137 cm³/mol. The van der Waals surface area contributed by atoms with Gasteiger partial charge < -0.3 is 9.47 Å². The number of carbonyl (C=O) groups excluding carboxylic acids is 1. The molecule has 3 aromatic carbocycles.